The summed E-state index contributed by atoms with van der Waals surface area (Å²) in [5.41, 5.74) is 1.22. The van der Waals surface area contributed by atoms with E-state index in [-0.39, 0.29) is 5.82 Å². The van der Waals surface area contributed by atoms with E-state index >= 15 is 0 Å². The molecule has 106 valence electrons. The molecule has 2 rings (SSSR count). The van der Waals surface area contributed by atoms with Crippen molar-refractivity contribution in [1.29, 1.82) is 0 Å². The second kappa shape index (κ2) is 5.38. The van der Waals surface area contributed by atoms with Gasteiger partial charge in [-0.25, -0.2) is 18.9 Å². The summed E-state index contributed by atoms with van der Waals surface area (Å²) < 4.78 is 19.4. The molecule has 0 aliphatic rings. The summed E-state index contributed by atoms with van der Waals surface area (Å²) in [7, 11) is 1.23. The number of aliphatic hydroxyl groups is 1. The Kier molecular flexibility index (Phi) is 3.80. The number of aryl methyl sites for hydroxylation is 1. The van der Waals surface area contributed by atoms with Crippen LogP contribution in [-0.4, -0.2) is 33.0 Å². The number of aromatic nitrogens is 3. The number of nitrogens with zero attached hydrogens (tertiary/aromatic N) is 3. The number of hydrogen-bond donors (Lipinski definition) is 1. The number of rotatable bonds is 3. The molecule has 0 radical (unpaired) electrons. The minimum absolute atomic E-state index is 0.106. The first-order chi connectivity index (χ1) is 9.43. The summed E-state index contributed by atoms with van der Waals surface area (Å²) >= 11 is 0. The molecule has 0 spiro atoms. The van der Waals surface area contributed by atoms with Crippen LogP contribution in [0.3, 0.4) is 0 Å². The summed E-state index contributed by atoms with van der Waals surface area (Å²) in [4.78, 5) is 15.1. The molecule has 1 aromatic carbocycles. The molecule has 1 N–H and O–H groups in total. The molecule has 0 saturated heterocycles. The maximum Gasteiger partial charge on any atom is 0.377 e. The van der Waals surface area contributed by atoms with E-state index in [4.69, 9.17) is 0 Å². The number of halogens is 1. The van der Waals surface area contributed by atoms with Crippen LogP contribution in [0.5, 0.6) is 0 Å². The summed E-state index contributed by atoms with van der Waals surface area (Å²) in [5, 5.41) is 13.7. The molecule has 2 aromatic rings. The Bertz CT molecular complexity index is 652. The van der Waals surface area contributed by atoms with E-state index in [1.807, 2.05) is 0 Å². The fourth-order valence-electron chi connectivity index (χ4n) is 1.78. The predicted molar refractivity (Wildman–Crippen MR) is 68.0 cm³/mol. The predicted octanol–water partition coefficient (Wildman–Crippen LogP) is 1.55. The lowest BCUT2D eigenvalue weighted by molar-refractivity contribution is 0.0587. The van der Waals surface area contributed by atoms with Gasteiger partial charge in [0, 0.05) is 5.56 Å². The molecule has 0 saturated carbocycles. The van der Waals surface area contributed by atoms with Gasteiger partial charge in [-0.05, 0) is 31.5 Å². The van der Waals surface area contributed by atoms with E-state index in [1.54, 1.807) is 6.92 Å². The Morgan fingerprint density at radius 2 is 2.20 bits per heavy atom. The number of esters is 1. The highest BCUT2D eigenvalue weighted by Crippen LogP contribution is 2.24. The lowest BCUT2D eigenvalue weighted by atomic mass is 10.1. The summed E-state index contributed by atoms with van der Waals surface area (Å²) in [6.45, 7) is 3.12. The van der Waals surface area contributed by atoms with Crippen molar-refractivity contribution < 1.29 is 19.0 Å². The van der Waals surface area contributed by atoms with Crippen molar-refractivity contribution in [3.8, 4) is 5.69 Å². The van der Waals surface area contributed by atoms with Gasteiger partial charge in [0.1, 0.15) is 12.1 Å². The Balaban J connectivity index is 2.54. The average Bonchev–Trinajstić information content (AvgIpc) is 2.89. The Labute approximate surface area is 114 Å². The smallest absolute Gasteiger partial charge is 0.377 e. The van der Waals surface area contributed by atoms with Crippen LogP contribution in [0.25, 0.3) is 5.69 Å². The van der Waals surface area contributed by atoms with Crippen molar-refractivity contribution in [2.24, 2.45) is 0 Å². The quantitative estimate of drug-likeness (QED) is 0.863. The molecular weight excluding hydrogens is 265 g/mol. The zero-order chi connectivity index (χ0) is 14.9. The van der Waals surface area contributed by atoms with Crippen LogP contribution in [0.2, 0.25) is 0 Å². The van der Waals surface area contributed by atoms with E-state index in [9.17, 15) is 14.3 Å². The number of carbonyl (C=O) groups is 1. The van der Waals surface area contributed by atoms with Gasteiger partial charge in [0.05, 0.1) is 18.9 Å². The highest BCUT2D eigenvalue weighted by molar-refractivity contribution is 5.84. The SMILES string of the molecule is COC(=O)c1ncn(-c2cc(C)c(F)cc2C(C)O)n1. The summed E-state index contributed by atoms with van der Waals surface area (Å²) in [6, 6.07) is 2.78. The number of aliphatic hydroxyl groups excluding tert-OH is 1. The highest BCUT2D eigenvalue weighted by Gasteiger charge is 2.17. The van der Waals surface area contributed by atoms with E-state index in [2.05, 4.69) is 14.8 Å². The zero-order valence-corrected chi connectivity index (χ0v) is 11.3. The fraction of sp³-hybridized carbons (Fsp3) is 0.308. The Morgan fingerprint density at radius 3 is 2.80 bits per heavy atom. The van der Waals surface area contributed by atoms with Crippen LogP contribution >= 0.6 is 0 Å². The molecule has 7 heteroatoms. The van der Waals surface area contributed by atoms with E-state index < -0.39 is 17.9 Å². The second-order valence-electron chi connectivity index (χ2n) is 4.34. The number of ether oxygens (including phenoxy) is 1. The minimum atomic E-state index is -0.883. The fourth-order valence-corrected chi connectivity index (χ4v) is 1.78. The lowest BCUT2D eigenvalue weighted by Gasteiger charge is -2.13. The van der Waals surface area contributed by atoms with E-state index in [0.717, 1.165) is 0 Å². The zero-order valence-electron chi connectivity index (χ0n) is 11.3. The second-order valence-corrected chi connectivity index (χ2v) is 4.34. The largest absolute Gasteiger partial charge is 0.463 e. The first-order valence-corrected chi connectivity index (χ1v) is 5.92. The van der Waals surface area contributed by atoms with Crippen molar-refractivity contribution in [2.75, 3.05) is 7.11 Å². The molecule has 0 bridgehead atoms. The molecule has 20 heavy (non-hydrogen) atoms. The van der Waals surface area contributed by atoms with Gasteiger partial charge in [-0.2, -0.15) is 0 Å². The Hall–Kier alpha value is -2.28. The minimum Gasteiger partial charge on any atom is -0.463 e. The van der Waals surface area contributed by atoms with Gasteiger partial charge in [0.25, 0.3) is 5.82 Å². The maximum absolute atomic E-state index is 13.6. The maximum atomic E-state index is 13.6. The van der Waals surface area contributed by atoms with Crippen molar-refractivity contribution in [2.45, 2.75) is 20.0 Å². The summed E-state index contributed by atoms with van der Waals surface area (Å²) in [5.74, 6) is -1.19. The van der Waals surface area contributed by atoms with Gasteiger partial charge in [0.15, 0.2) is 0 Å². The average molecular weight is 279 g/mol. The van der Waals surface area contributed by atoms with Crippen LogP contribution in [0.1, 0.15) is 34.8 Å². The molecule has 0 amide bonds. The number of carbonyl (C=O) groups excluding carboxylic acids is 1. The highest BCUT2D eigenvalue weighted by atomic mass is 19.1. The third-order valence-corrected chi connectivity index (χ3v) is 2.86. The van der Waals surface area contributed by atoms with Gasteiger partial charge in [-0.15, -0.1) is 5.10 Å². The first-order valence-electron chi connectivity index (χ1n) is 5.92. The molecule has 0 aliphatic carbocycles. The lowest BCUT2D eigenvalue weighted by Crippen LogP contribution is -2.08. The van der Waals surface area contributed by atoms with Crippen LogP contribution in [-0.2, 0) is 4.74 Å². The van der Waals surface area contributed by atoms with Crippen LogP contribution in [0.15, 0.2) is 18.5 Å². The van der Waals surface area contributed by atoms with Crippen LogP contribution in [0.4, 0.5) is 4.39 Å². The van der Waals surface area contributed by atoms with Crippen molar-refractivity contribution in [1.82, 2.24) is 14.8 Å². The molecule has 0 fully saturated rings. The number of benzene rings is 1. The molecule has 1 heterocycles. The van der Waals surface area contributed by atoms with Gasteiger partial charge in [-0.3, -0.25) is 0 Å². The standard InChI is InChI=1S/C13H14FN3O3/c1-7-4-11(9(8(2)18)5-10(7)14)17-6-15-12(16-17)13(19)20-3/h4-6,8,18H,1-3H3. The third kappa shape index (κ3) is 2.53. The third-order valence-electron chi connectivity index (χ3n) is 2.86. The van der Waals surface area contributed by atoms with Gasteiger partial charge >= 0.3 is 5.97 Å². The molecule has 1 aromatic heterocycles. The monoisotopic (exact) mass is 279 g/mol. The van der Waals surface area contributed by atoms with Gasteiger partial charge in [-0.1, -0.05) is 0 Å². The van der Waals surface area contributed by atoms with E-state index in [1.165, 1.54) is 37.2 Å². The van der Waals surface area contributed by atoms with Crippen LogP contribution in [0, 0.1) is 12.7 Å². The van der Waals surface area contributed by atoms with Gasteiger partial charge < -0.3 is 9.84 Å². The van der Waals surface area contributed by atoms with Crippen molar-refractivity contribution in [3.05, 3.63) is 41.2 Å². The molecule has 1 unspecified atom stereocenters. The Morgan fingerprint density at radius 1 is 1.50 bits per heavy atom. The van der Waals surface area contributed by atoms with Crippen molar-refractivity contribution >= 4 is 5.97 Å². The molecular formula is C13H14FN3O3. The van der Waals surface area contributed by atoms with E-state index in [0.29, 0.717) is 16.8 Å². The summed E-state index contributed by atoms with van der Waals surface area (Å²) in [6.07, 6.45) is 0.427. The molecule has 6 nitrogen and oxygen atoms in total. The first kappa shape index (κ1) is 14.1. The molecule has 1 atom stereocenters. The number of methoxy groups -OCH3 is 1. The topological polar surface area (TPSA) is 77.2 Å². The number of hydrogen-bond acceptors (Lipinski definition) is 5. The molecule has 0 aliphatic heterocycles. The van der Waals surface area contributed by atoms with Gasteiger partial charge in [0.2, 0.25) is 0 Å². The van der Waals surface area contributed by atoms with Crippen molar-refractivity contribution in [3.63, 3.8) is 0 Å². The normalized spacial score (nSPS) is 12.2. The van der Waals surface area contributed by atoms with Crippen LogP contribution < -0.4 is 0 Å².